The van der Waals surface area contributed by atoms with Crippen molar-refractivity contribution in [3.63, 3.8) is 0 Å². The molecule has 5 heteroatoms. The third kappa shape index (κ3) is 3.06. The Morgan fingerprint density at radius 2 is 2.19 bits per heavy atom. The quantitative estimate of drug-likeness (QED) is 0.525. The minimum Gasteiger partial charge on any atom is -0.465 e. The number of halogens is 1. The van der Waals surface area contributed by atoms with E-state index in [0.29, 0.717) is 11.3 Å². The lowest BCUT2D eigenvalue weighted by Crippen LogP contribution is -2.12. The number of anilines is 1. The molecule has 0 fully saturated rings. The van der Waals surface area contributed by atoms with Crippen molar-refractivity contribution in [1.29, 1.82) is 0 Å². The van der Waals surface area contributed by atoms with Gasteiger partial charge in [0.1, 0.15) is 0 Å². The number of hydrogen-bond donors (Lipinski definition) is 1. The fourth-order valence-electron chi connectivity index (χ4n) is 1.09. The van der Waals surface area contributed by atoms with E-state index in [9.17, 15) is 9.59 Å². The highest BCUT2D eigenvalue weighted by Gasteiger charge is 2.13. The van der Waals surface area contributed by atoms with Gasteiger partial charge in [-0.2, -0.15) is 0 Å². The molecule has 0 saturated heterocycles. The first kappa shape index (κ1) is 12.7. The molecule has 0 radical (unpaired) electrons. The first-order valence-electron chi connectivity index (χ1n) is 4.39. The smallest absolute Gasteiger partial charge is 0.340 e. The Balaban J connectivity index is 3.12. The molecule has 0 heterocycles. The van der Waals surface area contributed by atoms with Gasteiger partial charge in [0.05, 0.1) is 18.4 Å². The molecule has 0 atom stereocenters. The summed E-state index contributed by atoms with van der Waals surface area (Å²) in [6.45, 7) is 3.34. The van der Waals surface area contributed by atoms with Crippen LogP contribution in [0.1, 0.15) is 10.4 Å². The van der Waals surface area contributed by atoms with Crippen molar-refractivity contribution in [2.45, 2.75) is 0 Å². The number of hydrogen-bond acceptors (Lipinski definition) is 3. The molecule has 1 rings (SSSR count). The molecule has 1 amide bonds. The van der Waals surface area contributed by atoms with Crippen molar-refractivity contribution in [2.75, 3.05) is 12.4 Å². The molecule has 1 aromatic rings. The van der Waals surface area contributed by atoms with Gasteiger partial charge < -0.3 is 10.1 Å². The molecule has 0 bridgehead atoms. The molecular weight excluding hydrogens is 321 g/mol. The number of amides is 1. The summed E-state index contributed by atoms with van der Waals surface area (Å²) in [6, 6.07) is 5.08. The molecule has 16 heavy (non-hydrogen) atoms. The van der Waals surface area contributed by atoms with Crippen LogP contribution in [0.25, 0.3) is 0 Å². The van der Waals surface area contributed by atoms with Crippen LogP contribution in [0.15, 0.2) is 30.9 Å². The van der Waals surface area contributed by atoms with E-state index in [1.165, 1.54) is 7.11 Å². The van der Waals surface area contributed by atoms with Gasteiger partial charge in [0.25, 0.3) is 0 Å². The second-order valence-electron chi connectivity index (χ2n) is 2.87. The van der Waals surface area contributed by atoms with Gasteiger partial charge in [-0.1, -0.05) is 6.58 Å². The number of nitrogens with one attached hydrogen (secondary N) is 1. The van der Waals surface area contributed by atoms with Gasteiger partial charge in [-0.15, -0.1) is 0 Å². The van der Waals surface area contributed by atoms with Crippen LogP contribution in [0, 0.1) is 3.57 Å². The Labute approximate surface area is 107 Å². The minimum atomic E-state index is -0.488. The summed E-state index contributed by atoms with van der Waals surface area (Å²) in [4.78, 5) is 22.6. The highest BCUT2D eigenvalue weighted by molar-refractivity contribution is 14.1. The van der Waals surface area contributed by atoms with Crippen LogP contribution in [-0.2, 0) is 9.53 Å². The number of rotatable bonds is 3. The SMILES string of the molecule is C=CC(=O)Nc1ccc(I)cc1C(=O)OC. The number of benzene rings is 1. The number of esters is 1. The van der Waals surface area contributed by atoms with Gasteiger partial charge in [0, 0.05) is 3.57 Å². The lowest BCUT2D eigenvalue weighted by Gasteiger charge is -2.08. The Kier molecular flexibility index (Phi) is 4.48. The molecule has 0 unspecified atom stereocenters. The molecule has 84 valence electrons. The Hall–Kier alpha value is -1.37. The molecule has 0 aliphatic carbocycles. The van der Waals surface area contributed by atoms with E-state index in [0.717, 1.165) is 9.65 Å². The number of carbonyl (C=O) groups is 2. The largest absolute Gasteiger partial charge is 0.465 e. The summed E-state index contributed by atoms with van der Waals surface area (Å²) in [5.41, 5.74) is 0.738. The van der Waals surface area contributed by atoms with Gasteiger partial charge >= 0.3 is 5.97 Å². The lowest BCUT2D eigenvalue weighted by molar-refractivity contribution is -0.111. The van der Waals surface area contributed by atoms with Crippen LogP contribution < -0.4 is 5.32 Å². The van der Waals surface area contributed by atoms with Crippen molar-refractivity contribution < 1.29 is 14.3 Å². The molecule has 1 aromatic carbocycles. The third-order valence-corrected chi connectivity index (χ3v) is 2.50. The lowest BCUT2D eigenvalue weighted by atomic mass is 10.2. The average molecular weight is 331 g/mol. The molecular formula is C11H10INO3. The summed E-state index contributed by atoms with van der Waals surface area (Å²) in [6.07, 6.45) is 1.14. The Morgan fingerprint density at radius 1 is 1.50 bits per heavy atom. The van der Waals surface area contributed by atoms with E-state index < -0.39 is 5.97 Å². The third-order valence-electron chi connectivity index (χ3n) is 1.83. The molecule has 0 aliphatic heterocycles. The molecule has 0 aromatic heterocycles. The Bertz CT molecular complexity index is 443. The normalized spacial score (nSPS) is 9.38. The summed E-state index contributed by atoms with van der Waals surface area (Å²) in [5.74, 6) is -0.857. The van der Waals surface area contributed by atoms with Crippen molar-refractivity contribution in [1.82, 2.24) is 0 Å². The maximum atomic E-state index is 11.5. The number of methoxy groups -OCH3 is 1. The molecule has 4 nitrogen and oxygen atoms in total. The van der Waals surface area contributed by atoms with Crippen molar-refractivity contribution in [2.24, 2.45) is 0 Å². The highest BCUT2D eigenvalue weighted by Crippen LogP contribution is 2.19. The van der Waals surface area contributed by atoms with Crippen LogP contribution in [0.2, 0.25) is 0 Å². The fourth-order valence-corrected chi connectivity index (χ4v) is 1.58. The molecule has 0 aliphatic rings. The van der Waals surface area contributed by atoms with Gasteiger partial charge in [-0.3, -0.25) is 4.79 Å². The minimum absolute atomic E-state index is 0.324. The van der Waals surface area contributed by atoms with Gasteiger partial charge in [0.15, 0.2) is 0 Å². The zero-order valence-electron chi connectivity index (χ0n) is 8.62. The molecule has 1 N–H and O–H groups in total. The standard InChI is InChI=1S/C11H10INO3/c1-3-10(14)13-9-5-4-7(12)6-8(9)11(15)16-2/h3-6H,1H2,2H3,(H,13,14). The van der Waals surface area contributed by atoms with E-state index in [4.69, 9.17) is 0 Å². The zero-order valence-corrected chi connectivity index (χ0v) is 10.8. The zero-order chi connectivity index (χ0) is 12.1. The number of ether oxygens (including phenoxy) is 1. The van der Waals surface area contributed by atoms with Crippen molar-refractivity contribution in [3.8, 4) is 0 Å². The predicted molar refractivity (Wildman–Crippen MR) is 69.3 cm³/mol. The Morgan fingerprint density at radius 3 is 2.75 bits per heavy atom. The maximum absolute atomic E-state index is 11.5. The van der Waals surface area contributed by atoms with Crippen LogP contribution in [0.4, 0.5) is 5.69 Å². The summed E-state index contributed by atoms with van der Waals surface area (Å²) in [7, 11) is 1.29. The summed E-state index contributed by atoms with van der Waals surface area (Å²) in [5, 5.41) is 2.54. The van der Waals surface area contributed by atoms with Crippen molar-refractivity contribution in [3.05, 3.63) is 40.0 Å². The topological polar surface area (TPSA) is 55.4 Å². The van der Waals surface area contributed by atoms with Crippen LogP contribution in [-0.4, -0.2) is 19.0 Å². The highest BCUT2D eigenvalue weighted by atomic mass is 127. The monoisotopic (exact) mass is 331 g/mol. The van der Waals surface area contributed by atoms with Crippen LogP contribution in [0.3, 0.4) is 0 Å². The predicted octanol–water partition coefficient (Wildman–Crippen LogP) is 2.20. The average Bonchev–Trinajstić information content (AvgIpc) is 2.30. The van der Waals surface area contributed by atoms with Crippen LogP contribution >= 0.6 is 22.6 Å². The van der Waals surface area contributed by atoms with Gasteiger partial charge in [0.2, 0.25) is 5.91 Å². The number of carbonyl (C=O) groups excluding carboxylic acids is 2. The van der Waals surface area contributed by atoms with Gasteiger partial charge in [-0.25, -0.2) is 4.79 Å². The second kappa shape index (κ2) is 5.64. The molecule has 0 spiro atoms. The fraction of sp³-hybridized carbons (Fsp3) is 0.0909. The van der Waals surface area contributed by atoms with E-state index >= 15 is 0 Å². The van der Waals surface area contributed by atoms with E-state index in [-0.39, 0.29) is 5.91 Å². The first-order valence-corrected chi connectivity index (χ1v) is 5.47. The summed E-state index contributed by atoms with van der Waals surface area (Å²) >= 11 is 2.07. The van der Waals surface area contributed by atoms with Crippen molar-refractivity contribution >= 4 is 40.2 Å². The van der Waals surface area contributed by atoms with Gasteiger partial charge in [-0.05, 0) is 46.9 Å². The maximum Gasteiger partial charge on any atom is 0.340 e. The van der Waals surface area contributed by atoms with E-state index in [1.807, 2.05) is 0 Å². The van der Waals surface area contributed by atoms with E-state index in [2.05, 4.69) is 39.2 Å². The molecule has 0 saturated carbocycles. The first-order chi connectivity index (χ1) is 7.58. The summed E-state index contributed by atoms with van der Waals surface area (Å²) < 4.78 is 5.51. The van der Waals surface area contributed by atoms with E-state index in [1.54, 1.807) is 18.2 Å². The van der Waals surface area contributed by atoms with Crippen LogP contribution in [0.5, 0.6) is 0 Å². The second-order valence-corrected chi connectivity index (χ2v) is 4.12.